The predicted molar refractivity (Wildman–Crippen MR) is 110 cm³/mol. The molecule has 0 fully saturated rings. The summed E-state index contributed by atoms with van der Waals surface area (Å²) in [4.78, 5) is 15.5. The van der Waals surface area contributed by atoms with Crippen molar-refractivity contribution in [2.45, 2.75) is 25.3 Å². The van der Waals surface area contributed by atoms with E-state index in [0.29, 0.717) is 10.6 Å². The van der Waals surface area contributed by atoms with Gasteiger partial charge in [0.05, 0.1) is 17.0 Å². The molecule has 0 aliphatic rings. The number of aliphatic hydroxyl groups excluding tert-OH is 1. The number of rotatable bonds is 6. The third kappa shape index (κ3) is 3.98. The number of hydrogen-bond donors (Lipinski definition) is 2. The molecule has 0 aliphatic heterocycles. The third-order valence-corrected chi connectivity index (χ3v) is 6.89. The molecule has 0 amide bonds. The summed E-state index contributed by atoms with van der Waals surface area (Å²) in [6, 6.07) is 11.3. The lowest BCUT2D eigenvalue weighted by Crippen LogP contribution is -2.35. The number of fused-ring (bicyclic) bond motifs is 1. The number of aromatic amines is 1. The second kappa shape index (κ2) is 8.05. The second-order valence-electron chi connectivity index (χ2n) is 6.61. The lowest BCUT2D eigenvalue weighted by Gasteiger charge is -2.21. The van der Waals surface area contributed by atoms with Crippen molar-refractivity contribution in [3.8, 4) is 0 Å². The molecule has 3 aromatic rings. The first-order valence-corrected chi connectivity index (χ1v) is 10.5. The predicted octanol–water partition coefficient (Wildman–Crippen LogP) is 2.98. The van der Waals surface area contributed by atoms with Crippen molar-refractivity contribution >= 4 is 32.5 Å². The number of aliphatic hydroxyl groups is 1. The minimum Gasteiger partial charge on any atom is -0.395 e. The molecule has 6 nitrogen and oxygen atoms in total. The molecule has 0 aliphatic carbocycles. The molecule has 1 aromatic heterocycles. The van der Waals surface area contributed by atoms with Crippen LogP contribution in [-0.2, 0) is 16.6 Å². The Morgan fingerprint density at radius 3 is 2.43 bits per heavy atom. The average Bonchev–Trinajstić information content (AvgIpc) is 2.66. The summed E-state index contributed by atoms with van der Waals surface area (Å²) in [5, 5.41) is 10.6. The van der Waals surface area contributed by atoms with Crippen molar-refractivity contribution in [3.63, 3.8) is 0 Å². The summed E-state index contributed by atoms with van der Waals surface area (Å²) in [5.74, 6) is 0. The van der Waals surface area contributed by atoms with Crippen molar-refractivity contribution in [2.75, 3.05) is 13.2 Å². The van der Waals surface area contributed by atoms with Gasteiger partial charge in [-0.2, -0.15) is 4.31 Å². The Morgan fingerprint density at radius 2 is 1.79 bits per heavy atom. The molecule has 3 rings (SSSR count). The molecule has 0 unspecified atom stereocenters. The van der Waals surface area contributed by atoms with Crippen molar-refractivity contribution in [1.82, 2.24) is 9.29 Å². The van der Waals surface area contributed by atoms with Gasteiger partial charge in [0, 0.05) is 23.7 Å². The van der Waals surface area contributed by atoms with E-state index >= 15 is 0 Å². The molecule has 0 atom stereocenters. The van der Waals surface area contributed by atoms with E-state index in [0.717, 1.165) is 26.3 Å². The molecule has 0 bridgehead atoms. The van der Waals surface area contributed by atoms with E-state index in [9.17, 15) is 18.3 Å². The van der Waals surface area contributed by atoms with Gasteiger partial charge in [-0.1, -0.05) is 23.7 Å². The number of hydrogen-bond acceptors (Lipinski definition) is 4. The number of pyridine rings is 1. The van der Waals surface area contributed by atoms with Crippen LogP contribution in [-0.4, -0.2) is 36.0 Å². The molecule has 0 saturated carbocycles. The fourth-order valence-electron chi connectivity index (χ4n) is 3.03. The molecule has 0 radical (unpaired) electrons. The van der Waals surface area contributed by atoms with Crippen LogP contribution < -0.4 is 5.56 Å². The number of H-pyrrole nitrogens is 1. The van der Waals surface area contributed by atoms with E-state index in [2.05, 4.69) is 4.98 Å². The van der Waals surface area contributed by atoms with Gasteiger partial charge in [0.15, 0.2) is 0 Å². The highest BCUT2D eigenvalue weighted by Gasteiger charge is 2.25. The molecule has 28 heavy (non-hydrogen) atoms. The summed E-state index contributed by atoms with van der Waals surface area (Å²) in [7, 11) is -3.90. The lowest BCUT2D eigenvalue weighted by atomic mass is 10.0. The SMILES string of the molecule is Cc1ccc2cc(CN(CCO)S(=O)(=O)c3ccc(Cl)cc3)c(=O)[nH]c2c1C. The first-order chi connectivity index (χ1) is 13.2. The minimum absolute atomic E-state index is 0.0500. The minimum atomic E-state index is -3.90. The highest BCUT2D eigenvalue weighted by Crippen LogP contribution is 2.22. The summed E-state index contributed by atoms with van der Waals surface area (Å²) in [5.41, 5.74) is 2.73. The molecule has 0 saturated heterocycles. The van der Waals surface area contributed by atoms with Crippen LogP contribution in [0.2, 0.25) is 5.02 Å². The lowest BCUT2D eigenvalue weighted by molar-refractivity contribution is 0.251. The monoisotopic (exact) mass is 420 g/mol. The fraction of sp³-hybridized carbons (Fsp3) is 0.250. The fourth-order valence-corrected chi connectivity index (χ4v) is 4.56. The van der Waals surface area contributed by atoms with Crippen LogP contribution in [0.5, 0.6) is 0 Å². The van der Waals surface area contributed by atoms with Gasteiger partial charge in [-0.25, -0.2) is 8.42 Å². The Labute approximate surface area is 168 Å². The number of aromatic nitrogens is 1. The highest BCUT2D eigenvalue weighted by molar-refractivity contribution is 7.89. The Bertz CT molecular complexity index is 1170. The van der Waals surface area contributed by atoms with E-state index in [1.165, 1.54) is 24.3 Å². The Balaban J connectivity index is 2.03. The molecule has 2 aromatic carbocycles. The highest BCUT2D eigenvalue weighted by atomic mass is 35.5. The molecule has 0 spiro atoms. The van der Waals surface area contributed by atoms with Gasteiger partial charge in [-0.15, -0.1) is 0 Å². The van der Waals surface area contributed by atoms with E-state index in [1.807, 2.05) is 26.0 Å². The van der Waals surface area contributed by atoms with E-state index in [1.54, 1.807) is 6.07 Å². The third-order valence-electron chi connectivity index (χ3n) is 4.78. The molecular weight excluding hydrogens is 400 g/mol. The van der Waals surface area contributed by atoms with Gasteiger partial charge in [-0.05, 0) is 60.7 Å². The standard InChI is InChI=1S/C20H21ClN2O4S/c1-13-3-4-15-11-16(20(25)22-19(15)14(13)2)12-23(9-10-24)28(26,27)18-7-5-17(21)6-8-18/h3-8,11,24H,9-10,12H2,1-2H3,(H,22,25). The van der Waals surface area contributed by atoms with Crippen LogP contribution in [0.25, 0.3) is 10.9 Å². The first kappa shape index (κ1) is 20.5. The smallest absolute Gasteiger partial charge is 0.252 e. The first-order valence-electron chi connectivity index (χ1n) is 8.72. The number of halogens is 1. The van der Waals surface area contributed by atoms with E-state index in [-0.39, 0.29) is 30.2 Å². The maximum absolute atomic E-state index is 13.0. The van der Waals surface area contributed by atoms with Crippen molar-refractivity contribution in [3.05, 3.63) is 74.5 Å². The summed E-state index contributed by atoms with van der Waals surface area (Å²) < 4.78 is 27.0. The number of aryl methyl sites for hydroxylation is 2. The quantitative estimate of drug-likeness (QED) is 0.641. The van der Waals surface area contributed by atoms with Gasteiger partial charge in [0.1, 0.15) is 0 Å². The summed E-state index contributed by atoms with van der Waals surface area (Å²) in [6.07, 6.45) is 0. The second-order valence-corrected chi connectivity index (χ2v) is 8.99. The summed E-state index contributed by atoms with van der Waals surface area (Å²) >= 11 is 5.84. The van der Waals surface area contributed by atoms with Crippen LogP contribution >= 0.6 is 11.6 Å². The zero-order chi connectivity index (χ0) is 20.5. The van der Waals surface area contributed by atoms with Crippen LogP contribution in [0, 0.1) is 13.8 Å². The Hall–Kier alpha value is -2.19. The van der Waals surface area contributed by atoms with Gasteiger partial charge >= 0.3 is 0 Å². The van der Waals surface area contributed by atoms with Crippen LogP contribution in [0.4, 0.5) is 0 Å². The van der Waals surface area contributed by atoms with Crippen molar-refractivity contribution < 1.29 is 13.5 Å². The van der Waals surface area contributed by atoms with Crippen molar-refractivity contribution in [1.29, 1.82) is 0 Å². The van der Waals surface area contributed by atoms with E-state index in [4.69, 9.17) is 11.6 Å². The maximum atomic E-state index is 13.0. The topological polar surface area (TPSA) is 90.5 Å². The normalized spacial score (nSPS) is 12.0. The molecular formula is C20H21ClN2O4S. The van der Waals surface area contributed by atoms with Gasteiger partial charge in [-0.3, -0.25) is 4.79 Å². The molecule has 1 heterocycles. The van der Waals surface area contributed by atoms with Crippen molar-refractivity contribution in [2.24, 2.45) is 0 Å². The number of sulfonamides is 1. The average molecular weight is 421 g/mol. The Kier molecular flexibility index (Phi) is 5.90. The molecule has 148 valence electrons. The van der Waals surface area contributed by atoms with Crippen LogP contribution in [0.1, 0.15) is 16.7 Å². The zero-order valence-electron chi connectivity index (χ0n) is 15.6. The number of nitrogens with zero attached hydrogens (tertiary/aromatic N) is 1. The van der Waals surface area contributed by atoms with Gasteiger partial charge in [0.2, 0.25) is 10.0 Å². The number of benzene rings is 2. The van der Waals surface area contributed by atoms with E-state index < -0.39 is 10.0 Å². The summed E-state index contributed by atoms with van der Waals surface area (Å²) in [6.45, 7) is 3.24. The molecule has 8 heteroatoms. The maximum Gasteiger partial charge on any atom is 0.252 e. The van der Waals surface area contributed by atoms with Crippen LogP contribution in [0.3, 0.4) is 0 Å². The van der Waals surface area contributed by atoms with Gasteiger partial charge in [0.25, 0.3) is 5.56 Å². The number of nitrogens with one attached hydrogen (secondary N) is 1. The van der Waals surface area contributed by atoms with Crippen LogP contribution in [0.15, 0.2) is 52.2 Å². The Morgan fingerprint density at radius 1 is 1.11 bits per heavy atom. The van der Waals surface area contributed by atoms with Gasteiger partial charge < -0.3 is 10.1 Å². The largest absolute Gasteiger partial charge is 0.395 e. The molecule has 2 N–H and O–H groups in total. The zero-order valence-corrected chi connectivity index (χ0v) is 17.1.